The SMILES string of the molecule is O=C(Nc1ccc(O)cc1F)c1ccc2ncccc2c1. The molecule has 0 saturated heterocycles. The van der Waals surface area contributed by atoms with E-state index in [-0.39, 0.29) is 11.4 Å². The Morgan fingerprint density at radius 3 is 2.81 bits per heavy atom. The maximum Gasteiger partial charge on any atom is 0.255 e. The van der Waals surface area contributed by atoms with Crippen LogP contribution in [0.5, 0.6) is 5.75 Å². The van der Waals surface area contributed by atoms with Gasteiger partial charge in [-0.2, -0.15) is 0 Å². The Labute approximate surface area is 119 Å². The van der Waals surface area contributed by atoms with E-state index in [1.54, 1.807) is 30.5 Å². The van der Waals surface area contributed by atoms with Crippen molar-refractivity contribution in [3.8, 4) is 5.75 Å². The molecule has 0 saturated carbocycles. The Bertz CT molecular complexity index is 833. The second kappa shape index (κ2) is 5.20. The van der Waals surface area contributed by atoms with Crippen LogP contribution >= 0.6 is 0 Å². The molecule has 0 spiro atoms. The van der Waals surface area contributed by atoms with Gasteiger partial charge in [-0.15, -0.1) is 0 Å². The van der Waals surface area contributed by atoms with Gasteiger partial charge in [0.15, 0.2) is 0 Å². The van der Waals surface area contributed by atoms with Crippen LogP contribution in [0.25, 0.3) is 10.9 Å². The largest absolute Gasteiger partial charge is 0.508 e. The van der Waals surface area contributed by atoms with Crippen LogP contribution in [0.2, 0.25) is 0 Å². The van der Waals surface area contributed by atoms with Gasteiger partial charge in [-0.05, 0) is 36.4 Å². The highest BCUT2D eigenvalue weighted by Gasteiger charge is 2.10. The topological polar surface area (TPSA) is 62.2 Å². The molecule has 0 unspecified atom stereocenters. The lowest BCUT2D eigenvalue weighted by atomic mass is 10.1. The van der Waals surface area contributed by atoms with Crippen LogP contribution in [-0.4, -0.2) is 16.0 Å². The molecule has 0 radical (unpaired) electrons. The van der Waals surface area contributed by atoms with Crippen LogP contribution in [0.1, 0.15) is 10.4 Å². The molecule has 0 aliphatic rings. The van der Waals surface area contributed by atoms with Crippen molar-refractivity contribution in [3.05, 3.63) is 66.1 Å². The van der Waals surface area contributed by atoms with Crippen LogP contribution < -0.4 is 5.32 Å². The standard InChI is InChI=1S/C16H11FN2O2/c17-13-9-12(20)4-6-15(13)19-16(21)11-3-5-14-10(8-11)2-1-7-18-14/h1-9,20H,(H,19,21). The second-order valence-corrected chi connectivity index (χ2v) is 4.53. The van der Waals surface area contributed by atoms with Crippen LogP contribution in [0.3, 0.4) is 0 Å². The van der Waals surface area contributed by atoms with Gasteiger partial charge in [0.25, 0.3) is 5.91 Å². The number of aromatic hydroxyl groups is 1. The summed E-state index contributed by atoms with van der Waals surface area (Å²) in [5, 5.41) is 12.5. The Balaban J connectivity index is 1.89. The minimum Gasteiger partial charge on any atom is -0.508 e. The fourth-order valence-electron chi connectivity index (χ4n) is 2.02. The molecule has 104 valence electrons. The van der Waals surface area contributed by atoms with Gasteiger partial charge in [0.1, 0.15) is 11.6 Å². The Kier molecular flexibility index (Phi) is 3.23. The highest BCUT2D eigenvalue weighted by molar-refractivity contribution is 6.06. The number of pyridine rings is 1. The molecule has 0 aliphatic carbocycles. The van der Waals surface area contributed by atoms with Gasteiger partial charge in [-0.25, -0.2) is 4.39 Å². The smallest absolute Gasteiger partial charge is 0.255 e. The van der Waals surface area contributed by atoms with Crippen molar-refractivity contribution in [2.45, 2.75) is 0 Å². The van der Waals surface area contributed by atoms with Gasteiger partial charge in [-0.1, -0.05) is 6.07 Å². The van der Waals surface area contributed by atoms with Crippen LogP contribution in [-0.2, 0) is 0 Å². The number of rotatable bonds is 2. The number of fused-ring (bicyclic) bond motifs is 1. The van der Waals surface area contributed by atoms with E-state index in [0.717, 1.165) is 17.0 Å². The minimum absolute atomic E-state index is 0.0177. The van der Waals surface area contributed by atoms with Gasteiger partial charge in [-0.3, -0.25) is 9.78 Å². The lowest BCUT2D eigenvalue weighted by Crippen LogP contribution is -2.12. The van der Waals surface area contributed by atoms with Gasteiger partial charge in [0, 0.05) is 23.2 Å². The van der Waals surface area contributed by atoms with Crippen molar-refractivity contribution >= 4 is 22.5 Å². The number of carbonyl (C=O) groups excluding carboxylic acids is 1. The number of amides is 1. The lowest BCUT2D eigenvalue weighted by Gasteiger charge is -2.07. The Morgan fingerprint density at radius 1 is 1.14 bits per heavy atom. The third kappa shape index (κ3) is 2.67. The molecule has 3 rings (SSSR count). The number of aromatic nitrogens is 1. The molecule has 0 bridgehead atoms. The molecule has 5 heteroatoms. The van der Waals surface area contributed by atoms with E-state index in [1.807, 2.05) is 6.07 Å². The Morgan fingerprint density at radius 2 is 2.00 bits per heavy atom. The quantitative estimate of drug-likeness (QED) is 0.709. The van der Waals surface area contributed by atoms with Crippen LogP contribution in [0.15, 0.2) is 54.7 Å². The first-order chi connectivity index (χ1) is 10.1. The van der Waals surface area contributed by atoms with Crippen molar-refractivity contribution in [2.75, 3.05) is 5.32 Å². The molecule has 0 aliphatic heterocycles. The fraction of sp³-hybridized carbons (Fsp3) is 0. The third-order valence-electron chi connectivity index (χ3n) is 3.07. The summed E-state index contributed by atoms with van der Waals surface area (Å²) in [5.41, 5.74) is 1.21. The number of nitrogens with zero attached hydrogens (tertiary/aromatic N) is 1. The molecular weight excluding hydrogens is 271 g/mol. The van der Waals surface area contributed by atoms with Crippen molar-refractivity contribution in [1.82, 2.24) is 4.98 Å². The molecule has 3 aromatic rings. The van der Waals surface area contributed by atoms with Crippen LogP contribution in [0, 0.1) is 5.82 Å². The molecule has 0 fully saturated rings. The highest BCUT2D eigenvalue weighted by atomic mass is 19.1. The summed E-state index contributed by atoms with van der Waals surface area (Å²) in [6.07, 6.45) is 1.67. The number of phenols is 1. The number of anilines is 1. The predicted molar refractivity (Wildman–Crippen MR) is 77.8 cm³/mol. The number of nitrogens with one attached hydrogen (secondary N) is 1. The number of hydrogen-bond acceptors (Lipinski definition) is 3. The summed E-state index contributed by atoms with van der Waals surface area (Å²) >= 11 is 0. The number of carbonyl (C=O) groups is 1. The van der Waals surface area contributed by atoms with Gasteiger partial charge >= 0.3 is 0 Å². The number of benzene rings is 2. The first-order valence-electron chi connectivity index (χ1n) is 6.28. The highest BCUT2D eigenvalue weighted by Crippen LogP contribution is 2.21. The third-order valence-corrected chi connectivity index (χ3v) is 3.07. The average Bonchev–Trinajstić information content (AvgIpc) is 2.49. The first kappa shape index (κ1) is 13.1. The molecule has 1 amide bonds. The summed E-state index contributed by atoms with van der Waals surface area (Å²) in [5.74, 6) is -1.31. The summed E-state index contributed by atoms with van der Waals surface area (Å²) in [6, 6.07) is 12.2. The number of hydrogen-bond donors (Lipinski definition) is 2. The monoisotopic (exact) mass is 282 g/mol. The first-order valence-corrected chi connectivity index (χ1v) is 6.28. The predicted octanol–water partition coefficient (Wildman–Crippen LogP) is 3.33. The van der Waals surface area contributed by atoms with E-state index >= 15 is 0 Å². The van der Waals surface area contributed by atoms with E-state index in [1.165, 1.54) is 12.1 Å². The summed E-state index contributed by atoms with van der Waals surface area (Å²) in [4.78, 5) is 16.3. The zero-order chi connectivity index (χ0) is 14.8. The van der Waals surface area contributed by atoms with Gasteiger partial charge in [0.2, 0.25) is 0 Å². The van der Waals surface area contributed by atoms with E-state index in [0.29, 0.717) is 5.56 Å². The Hall–Kier alpha value is -2.95. The normalized spacial score (nSPS) is 10.5. The average molecular weight is 282 g/mol. The molecular formula is C16H11FN2O2. The second-order valence-electron chi connectivity index (χ2n) is 4.53. The lowest BCUT2D eigenvalue weighted by molar-refractivity contribution is 0.102. The van der Waals surface area contributed by atoms with Crippen molar-refractivity contribution < 1.29 is 14.3 Å². The molecule has 2 N–H and O–H groups in total. The number of halogens is 1. The van der Waals surface area contributed by atoms with Crippen molar-refractivity contribution in [2.24, 2.45) is 0 Å². The maximum absolute atomic E-state index is 13.6. The molecule has 4 nitrogen and oxygen atoms in total. The summed E-state index contributed by atoms with van der Waals surface area (Å²) < 4.78 is 13.6. The summed E-state index contributed by atoms with van der Waals surface area (Å²) in [7, 11) is 0. The van der Waals surface area contributed by atoms with Crippen molar-refractivity contribution in [1.29, 1.82) is 0 Å². The van der Waals surface area contributed by atoms with Crippen LogP contribution in [0.4, 0.5) is 10.1 Å². The molecule has 1 aromatic heterocycles. The maximum atomic E-state index is 13.6. The fourth-order valence-corrected chi connectivity index (χ4v) is 2.02. The van der Waals surface area contributed by atoms with Gasteiger partial charge < -0.3 is 10.4 Å². The van der Waals surface area contributed by atoms with Crippen molar-refractivity contribution in [3.63, 3.8) is 0 Å². The minimum atomic E-state index is -0.689. The van der Waals surface area contributed by atoms with E-state index < -0.39 is 11.7 Å². The van der Waals surface area contributed by atoms with E-state index in [9.17, 15) is 9.18 Å². The molecule has 1 heterocycles. The molecule has 21 heavy (non-hydrogen) atoms. The zero-order valence-electron chi connectivity index (χ0n) is 10.9. The van der Waals surface area contributed by atoms with Gasteiger partial charge in [0.05, 0.1) is 11.2 Å². The molecule has 2 aromatic carbocycles. The zero-order valence-corrected chi connectivity index (χ0v) is 10.9. The van der Waals surface area contributed by atoms with E-state index in [2.05, 4.69) is 10.3 Å². The molecule has 0 atom stereocenters. The van der Waals surface area contributed by atoms with E-state index in [4.69, 9.17) is 5.11 Å². The number of phenolic OH excluding ortho intramolecular Hbond substituents is 1. The summed E-state index contributed by atoms with van der Waals surface area (Å²) in [6.45, 7) is 0.